The zero-order valence-electron chi connectivity index (χ0n) is 14.0. The molecule has 2 aromatic rings. The van der Waals surface area contributed by atoms with Crippen molar-refractivity contribution < 1.29 is 9.90 Å². The number of thiocarbonyl (C=S) groups is 1. The third-order valence-electron chi connectivity index (χ3n) is 4.81. The molecule has 1 unspecified atom stereocenters. The lowest BCUT2D eigenvalue weighted by Crippen LogP contribution is -2.23. The Morgan fingerprint density at radius 3 is 2.67 bits per heavy atom. The molecule has 1 aliphatic rings. The number of rotatable bonds is 6. The highest BCUT2D eigenvalue weighted by Gasteiger charge is 2.28. The Hall–Kier alpha value is -1.94. The van der Waals surface area contributed by atoms with Crippen molar-refractivity contribution in [3.63, 3.8) is 0 Å². The van der Waals surface area contributed by atoms with Crippen LogP contribution in [0, 0.1) is 0 Å². The fraction of sp³-hybridized carbons (Fsp3) is 0.400. The number of carboxylic acids is 1. The highest BCUT2D eigenvalue weighted by atomic mass is 32.1. The van der Waals surface area contributed by atoms with Crippen LogP contribution >= 0.6 is 12.2 Å². The largest absolute Gasteiger partial charge is 0.481 e. The second kappa shape index (κ2) is 7.31. The lowest BCUT2D eigenvalue weighted by atomic mass is 9.96. The topological polar surface area (TPSA) is 42.2 Å². The molecule has 4 heteroatoms. The van der Waals surface area contributed by atoms with E-state index in [1.165, 1.54) is 18.4 Å². The van der Waals surface area contributed by atoms with Gasteiger partial charge in [-0.25, -0.2) is 0 Å². The summed E-state index contributed by atoms with van der Waals surface area (Å²) < 4.78 is 2.09. The van der Waals surface area contributed by atoms with Crippen molar-refractivity contribution in [2.75, 3.05) is 0 Å². The zero-order valence-corrected chi connectivity index (χ0v) is 14.8. The Bertz CT molecular complexity index is 745. The molecule has 0 spiro atoms. The van der Waals surface area contributed by atoms with E-state index >= 15 is 0 Å². The third-order valence-corrected chi connectivity index (χ3v) is 5.26. The maximum atomic E-state index is 11.4. The van der Waals surface area contributed by atoms with Crippen molar-refractivity contribution in [2.24, 2.45) is 0 Å². The first-order chi connectivity index (χ1) is 11.6. The van der Waals surface area contributed by atoms with Crippen molar-refractivity contribution in [1.82, 2.24) is 4.57 Å². The lowest BCUT2D eigenvalue weighted by molar-refractivity contribution is -0.139. The fourth-order valence-corrected chi connectivity index (χ4v) is 3.75. The molecule has 0 saturated heterocycles. The molecule has 1 N–H and O–H groups in total. The van der Waals surface area contributed by atoms with Gasteiger partial charge in [-0.2, -0.15) is 0 Å². The van der Waals surface area contributed by atoms with E-state index < -0.39 is 11.9 Å². The van der Waals surface area contributed by atoms with E-state index in [4.69, 9.17) is 12.2 Å². The summed E-state index contributed by atoms with van der Waals surface area (Å²) in [6.07, 6.45) is 5.08. The van der Waals surface area contributed by atoms with Crippen LogP contribution in [0.25, 0.3) is 0 Å². The number of aryl methyl sites for hydroxylation is 1. The second-order valence-corrected chi connectivity index (χ2v) is 6.87. The molecule has 1 aromatic heterocycles. The highest BCUT2D eigenvalue weighted by Crippen LogP contribution is 2.30. The fourth-order valence-electron chi connectivity index (χ4n) is 3.44. The average molecular weight is 341 g/mol. The molecule has 0 saturated carbocycles. The quantitative estimate of drug-likeness (QED) is 0.619. The van der Waals surface area contributed by atoms with Gasteiger partial charge in [0, 0.05) is 12.2 Å². The van der Waals surface area contributed by atoms with E-state index in [1.807, 2.05) is 12.1 Å². The monoisotopic (exact) mass is 341 g/mol. The molecular formula is C20H23NO2S. The first-order valence-electron chi connectivity index (χ1n) is 8.67. The lowest BCUT2D eigenvalue weighted by Gasteiger charge is -2.23. The van der Waals surface area contributed by atoms with Gasteiger partial charge < -0.3 is 9.67 Å². The minimum atomic E-state index is -0.744. The Balaban J connectivity index is 1.85. The first-order valence-corrected chi connectivity index (χ1v) is 9.08. The minimum Gasteiger partial charge on any atom is -0.481 e. The molecule has 1 atom stereocenters. The van der Waals surface area contributed by atoms with Crippen LogP contribution in [0.2, 0.25) is 0 Å². The molecule has 0 fully saturated rings. The molecule has 2 heterocycles. The molecule has 0 radical (unpaired) electrons. The van der Waals surface area contributed by atoms with Gasteiger partial charge in [-0.15, -0.1) is 0 Å². The predicted octanol–water partition coefficient (Wildman–Crippen LogP) is 4.56. The molecule has 0 bridgehead atoms. The molecular weight excluding hydrogens is 318 g/mol. The normalized spacial score (nSPS) is 16.6. The van der Waals surface area contributed by atoms with Gasteiger partial charge in [0.25, 0.3) is 0 Å². The molecule has 0 aliphatic carbocycles. The second-order valence-electron chi connectivity index (χ2n) is 6.46. The van der Waals surface area contributed by atoms with Gasteiger partial charge in [-0.05, 0) is 48.9 Å². The molecule has 3 rings (SSSR count). The van der Waals surface area contributed by atoms with Crippen LogP contribution in [0.1, 0.15) is 61.0 Å². The van der Waals surface area contributed by atoms with Crippen LogP contribution in [0.5, 0.6) is 0 Å². The highest BCUT2D eigenvalue weighted by molar-refractivity contribution is 7.81. The number of aromatic nitrogens is 1. The van der Waals surface area contributed by atoms with Gasteiger partial charge in [-0.3, -0.25) is 4.79 Å². The molecule has 126 valence electrons. The molecule has 1 aliphatic heterocycles. The van der Waals surface area contributed by atoms with Crippen LogP contribution in [0.3, 0.4) is 0 Å². The SMILES string of the molecule is CCCCc1ccc(C(=S)c2ccc3n2CCCC3C(=O)O)cc1. The maximum Gasteiger partial charge on any atom is 0.312 e. The van der Waals surface area contributed by atoms with E-state index in [-0.39, 0.29) is 0 Å². The van der Waals surface area contributed by atoms with Gasteiger partial charge in [0.05, 0.1) is 16.5 Å². The van der Waals surface area contributed by atoms with Gasteiger partial charge in [0.15, 0.2) is 0 Å². The smallest absolute Gasteiger partial charge is 0.312 e. The van der Waals surface area contributed by atoms with Crippen molar-refractivity contribution >= 4 is 23.1 Å². The summed E-state index contributed by atoms with van der Waals surface area (Å²) in [7, 11) is 0. The van der Waals surface area contributed by atoms with E-state index in [2.05, 4.69) is 35.8 Å². The maximum absolute atomic E-state index is 11.4. The summed E-state index contributed by atoms with van der Waals surface area (Å²) in [5.74, 6) is -1.15. The van der Waals surface area contributed by atoms with Crippen LogP contribution in [-0.4, -0.2) is 20.5 Å². The summed E-state index contributed by atoms with van der Waals surface area (Å²) in [6, 6.07) is 12.4. The van der Waals surface area contributed by atoms with Crippen LogP contribution < -0.4 is 0 Å². The Morgan fingerprint density at radius 2 is 2.00 bits per heavy atom. The van der Waals surface area contributed by atoms with Crippen molar-refractivity contribution in [2.45, 2.75) is 51.5 Å². The number of benzene rings is 1. The standard InChI is InChI=1S/C20H23NO2S/c1-2-3-5-14-7-9-15(10-8-14)19(24)18-12-11-17-16(20(22)23)6-4-13-21(17)18/h7-12,16H,2-6,13H2,1H3,(H,22,23). The van der Waals surface area contributed by atoms with Gasteiger partial charge in [0.1, 0.15) is 0 Å². The summed E-state index contributed by atoms with van der Waals surface area (Å²) in [5, 5.41) is 9.41. The number of carboxylic acid groups (broad SMARTS) is 1. The summed E-state index contributed by atoms with van der Waals surface area (Å²) in [4.78, 5) is 12.2. The van der Waals surface area contributed by atoms with Gasteiger partial charge in [-0.1, -0.05) is 49.8 Å². The summed E-state index contributed by atoms with van der Waals surface area (Å²) in [6.45, 7) is 3.04. The summed E-state index contributed by atoms with van der Waals surface area (Å²) >= 11 is 5.69. The van der Waals surface area contributed by atoms with Crippen LogP contribution in [-0.2, 0) is 17.8 Å². The van der Waals surface area contributed by atoms with Crippen molar-refractivity contribution in [1.29, 1.82) is 0 Å². The predicted molar refractivity (Wildman–Crippen MR) is 99.9 cm³/mol. The molecule has 0 amide bonds. The average Bonchev–Trinajstić information content (AvgIpc) is 3.03. The number of aliphatic carboxylic acids is 1. The van der Waals surface area contributed by atoms with E-state index in [0.29, 0.717) is 6.42 Å². The third kappa shape index (κ3) is 3.29. The Kier molecular flexibility index (Phi) is 5.14. The number of hydrogen-bond donors (Lipinski definition) is 1. The number of nitrogens with zero attached hydrogens (tertiary/aromatic N) is 1. The zero-order chi connectivity index (χ0) is 17.1. The van der Waals surface area contributed by atoms with Crippen molar-refractivity contribution in [3.8, 4) is 0 Å². The van der Waals surface area contributed by atoms with Gasteiger partial charge in [0.2, 0.25) is 0 Å². The number of carbonyl (C=O) groups is 1. The molecule has 3 nitrogen and oxygen atoms in total. The summed E-state index contributed by atoms with van der Waals surface area (Å²) in [5.41, 5.74) is 4.22. The van der Waals surface area contributed by atoms with E-state index in [9.17, 15) is 9.90 Å². The number of unbranched alkanes of at least 4 members (excludes halogenated alkanes) is 1. The number of hydrogen-bond acceptors (Lipinski definition) is 2. The Morgan fingerprint density at radius 1 is 1.25 bits per heavy atom. The minimum absolute atomic E-state index is 0.410. The number of fused-ring (bicyclic) bond motifs is 1. The van der Waals surface area contributed by atoms with E-state index in [0.717, 1.165) is 41.2 Å². The van der Waals surface area contributed by atoms with E-state index in [1.54, 1.807) is 0 Å². The van der Waals surface area contributed by atoms with Crippen molar-refractivity contribution in [3.05, 3.63) is 58.9 Å². The van der Waals surface area contributed by atoms with Crippen LogP contribution in [0.4, 0.5) is 0 Å². The Labute approximate surface area is 148 Å². The van der Waals surface area contributed by atoms with Crippen LogP contribution in [0.15, 0.2) is 36.4 Å². The first kappa shape index (κ1) is 16.9. The molecule has 24 heavy (non-hydrogen) atoms. The molecule has 1 aromatic carbocycles. The van der Waals surface area contributed by atoms with Gasteiger partial charge >= 0.3 is 5.97 Å².